The third kappa shape index (κ3) is 3.07. The molecule has 0 aliphatic carbocycles. The van der Waals surface area contributed by atoms with Crippen molar-refractivity contribution in [2.24, 2.45) is 11.1 Å². The van der Waals surface area contributed by atoms with Crippen molar-refractivity contribution in [3.8, 4) is 0 Å². The summed E-state index contributed by atoms with van der Waals surface area (Å²) in [6.45, 7) is 7.40. The summed E-state index contributed by atoms with van der Waals surface area (Å²) in [5, 5.41) is 0. The second kappa shape index (κ2) is 4.89. The number of hydrogen-bond acceptors (Lipinski definition) is 3. The number of hydrogen-bond donors (Lipinski definition) is 1. The molecule has 0 aromatic heterocycles. The molecule has 82 valence electrons. The first-order valence-corrected chi connectivity index (χ1v) is 5.49. The number of rotatable bonds is 4. The highest BCUT2D eigenvalue weighted by Gasteiger charge is 2.28. The first kappa shape index (κ1) is 11.7. The van der Waals surface area contributed by atoms with E-state index in [1.54, 1.807) is 0 Å². The lowest BCUT2D eigenvalue weighted by molar-refractivity contribution is -0.111. The molecule has 0 spiro atoms. The molecule has 1 fully saturated rings. The second-order valence-corrected chi connectivity index (χ2v) is 4.99. The molecule has 0 radical (unpaired) electrons. The summed E-state index contributed by atoms with van der Waals surface area (Å²) in [5.74, 6) is 0. The maximum Gasteiger partial charge on any atom is 0.137 e. The number of carbonyl (C=O) groups is 1. The number of nitrogens with zero attached hydrogens (tertiary/aromatic N) is 1. The van der Waals surface area contributed by atoms with Crippen LogP contribution in [0.3, 0.4) is 0 Å². The van der Waals surface area contributed by atoms with Gasteiger partial charge in [-0.1, -0.05) is 20.3 Å². The lowest BCUT2D eigenvalue weighted by Gasteiger charge is -2.36. The zero-order valence-electron chi connectivity index (χ0n) is 9.33. The van der Waals surface area contributed by atoms with Gasteiger partial charge in [-0.2, -0.15) is 0 Å². The maximum atomic E-state index is 10.6. The van der Waals surface area contributed by atoms with Gasteiger partial charge in [0.25, 0.3) is 0 Å². The normalized spacial score (nSPS) is 21.9. The molecule has 3 nitrogen and oxygen atoms in total. The number of likely N-dealkylation sites (tertiary alicyclic amines) is 1. The monoisotopic (exact) mass is 198 g/mol. The molecule has 2 N–H and O–H groups in total. The quantitative estimate of drug-likeness (QED) is 0.686. The third-order valence-electron chi connectivity index (χ3n) is 3.13. The van der Waals surface area contributed by atoms with Crippen LogP contribution in [0.5, 0.6) is 0 Å². The second-order valence-electron chi connectivity index (χ2n) is 4.99. The van der Waals surface area contributed by atoms with Crippen molar-refractivity contribution < 1.29 is 4.79 Å². The minimum Gasteiger partial charge on any atom is -0.321 e. The Hall–Kier alpha value is -0.410. The van der Waals surface area contributed by atoms with Crippen LogP contribution in [0.2, 0.25) is 0 Å². The third-order valence-corrected chi connectivity index (χ3v) is 3.13. The average molecular weight is 198 g/mol. The SMILES string of the molecule is CC(C)(CN1CCCCC1)C(N)C=O. The molecule has 1 rings (SSSR count). The Balaban J connectivity index is 2.43. The molecule has 0 saturated carbocycles. The Kier molecular flexibility index (Phi) is 4.08. The summed E-state index contributed by atoms with van der Waals surface area (Å²) in [4.78, 5) is 13.1. The lowest BCUT2D eigenvalue weighted by Crippen LogP contribution is -2.47. The first-order valence-electron chi connectivity index (χ1n) is 5.49. The van der Waals surface area contributed by atoms with E-state index in [0.29, 0.717) is 0 Å². The van der Waals surface area contributed by atoms with Gasteiger partial charge in [0.15, 0.2) is 0 Å². The smallest absolute Gasteiger partial charge is 0.137 e. The number of nitrogens with two attached hydrogens (primary N) is 1. The summed E-state index contributed by atoms with van der Waals surface area (Å²) >= 11 is 0. The maximum absolute atomic E-state index is 10.6. The lowest BCUT2D eigenvalue weighted by atomic mass is 9.84. The topological polar surface area (TPSA) is 46.3 Å². The zero-order chi connectivity index (χ0) is 10.6. The molecule has 1 heterocycles. The highest BCUT2D eigenvalue weighted by Crippen LogP contribution is 2.22. The van der Waals surface area contributed by atoms with Crippen molar-refractivity contribution in [3.05, 3.63) is 0 Å². The van der Waals surface area contributed by atoms with Crippen LogP contribution in [0, 0.1) is 5.41 Å². The molecule has 3 heteroatoms. The first-order chi connectivity index (χ1) is 6.56. The fourth-order valence-electron chi connectivity index (χ4n) is 1.98. The Morgan fingerprint density at radius 2 is 1.93 bits per heavy atom. The molecule has 1 saturated heterocycles. The van der Waals surface area contributed by atoms with Gasteiger partial charge in [0.2, 0.25) is 0 Å². The molecule has 1 aliphatic heterocycles. The molecular weight excluding hydrogens is 176 g/mol. The summed E-state index contributed by atoms with van der Waals surface area (Å²) in [5.41, 5.74) is 5.68. The zero-order valence-corrected chi connectivity index (χ0v) is 9.33. The van der Waals surface area contributed by atoms with E-state index in [1.165, 1.54) is 19.3 Å². The van der Waals surface area contributed by atoms with E-state index in [4.69, 9.17) is 5.73 Å². The van der Waals surface area contributed by atoms with Crippen LogP contribution >= 0.6 is 0 Å². The summed E-state index contributed by atoms with van der Waals surface area (Å²) in [6, 6.07) is -0.343. The van der Waals surface area contributed by atoms with E-state index < -0.39 is 0 Å². The molecule has 0 aromatic carbocycles. The fraction of sp³-hybridized carbons (Fsp3) is 0.909. The highest BCUT2D eigenvalue weighted by molar-refractivity contribution is 5.58. The Morgan fingerprint density at radius 1 is 1.36 bits per heavy atom. The number of piperidine rings is 1. The van der Waals surface area contributed by atoms with Gasteiger partial charge in [0.05, 0.1) is 6.04 Å². The minimum atomic E-state index is -0.343. The predicted molar refractivity (Wildman–Crippen MR) is 58.1 cm³/mol. The van der Waals surface area contributed by atoms with E-state index in [0.717, 1.165) is 25.9 Å². The van der Waals surface area contributed by atoms with Crippen LogP contribution in [0.15, 0.2) is 0 Å². The summed E-state index contributed by atoms with van der Waals surface area (Å²) in [6.07, 6.45) is 4.78. The van der Waals surface area contributed by atoms with Crippen molar-refractivity contribution in [2.75, 3.05) is 19.6 Å². The number of aldehydes is 1. The van der Waals surface area contributed by atoms with Crippen LogP contribution < -0.4 is 5.73 Å². The van der Waals surface area contributed by atoms with Gasteiger partial charge in [-0.05, 0) is 31.3 Å². The van der Waals surface area contributed by atoms with Crippen LogP contribution in [0.4, 0.5) is 0 Å². The van der Waals surface area contributed by atoms with Crippen LogP contribution in [-0.2, 0) is 4.79 Å². The van der Waals surface area contributed by atoms with Crippen molar-refractivity contribution in [3.63, 3.8) is 0 Å². The van der Waals surface area contributed by atoms with Crippen molar-refractivity contribution >= 4 is 6.29 Å². The van der Waals surface area contributed by atoms with Gasteiger partial charge in [0, 0.05) is 6.54 Å². The molecule has 14 heavy (non-hydrogen) atoms. The van der Waals surface area contributed by atoms with E-state index in [-0.39, 0.29) is 11.5 Å². The van der Waals surface area contributed by atoms with Crippen LogP contribution in [-0.4, -0.2) is 36.9 Å². The van der Waals surface area contributed by atoms with Crippen LogP contribution in [0.1, 0.15) is 33.1 Å². The minimum absolute atomic E-state index is 0.0981. The fourth-order valence-corrected chi connectivity index (χ4v) is 1.98. The molecular formula is C11H22N2O. The molecule has 0 bridgehead atoms. The molecule has 0 aromatic rings. The van der Waals surface area contributed by atoms with E-state index in [2.05, 4.69) is 18.7 Å². The van der Waals surface area contributed by atoms with Gasteiger partial charge in [-0.3, -0.25) is 0 Å². The Morgan fingerprint density at radius 3 is 2.43 bits per heavy atom. The highest BCUT2D eigenvalue weighted by atomic mass is 16.1. The van der Waals surface area contributed by atoms with Gasteiger partial charge < -0.3 is 15.4 Å². The van der Waals surface area contributed by atoms with Crippen molar-refractivity contribution in [2.45, 2.75) is 39.2 Å². The largest absolute Gasteiger partial charge is 0.321 e. The van der Waals surface area contributed by atoms with Gasteiger partial charge in [0.1, 0.15) is 6.29 Å². The van der Waals surface area contributed by atoms with E-state index >= 15 is 0 Å². The summed E-state index contributed by atoms with van der Waals surface area (Å²) in [7, 11) is 0. The Bertz CT molecular complexity index is 186. The molecule has 1 aliphatic rings. The van der Waals surface area contributed by atoms with E-state index in [1.807, 2.05) is 0 Å². The standard InChI is InChI=1S/C11H22N2O/c1-11(2,10(12)8-14)9-13-6-4-3-5-7-13/h8,10H,3-7,9,12H2,1-2H3. The van der Waals surface area contributed by atoms with Gasteiger partial charge >= 0.3 is 0 Å². The predicted octanol–water partition coefficient (Wildman–Crippen LogP) is 1.02. The van der Waals surface area contributed by atoms with Crippen molar-refractivity contribution in [1.29, 1.82) is 0 Å². The number of carbonyl (C=O) groups excluding carboxylic acids is 1. The van der Waals surface area contributed by atoms with E-state index in [9.17, 15) is 4.79 Å². The van der Waals surface area contributed by atoms with Crippen LogP contribution in [0.25, 0.3) is 0 Å². The molecule has 1 unspecified atom stereocenters. The van der Waals surface area contributed by atoms with Gasteiger partial charge in [-0.15, -0.1) is 0 Å². The molecule has 0 amide bonds. The van der Waals surface area contributed by atoms with Crippen molar-refractivity contribution in [1.82, 2.24) is 4.90 Å². The average Bonchev–Trinajstić information content (AvgIpc) is 2.17. The summed E-state index contributed by atoms with van der Waals surface area (Å²) < 4.78 is 0. The Labute approximate surface area is 86.6 Å². The van der Waals surface area contributed by atoms with Gasteiger partial charge in [-0.25, -0.2) is 0 Å². The molecule has 1 atom stereocenters.